The Labute approximate surface area is 188 Å². The lowest BCUT2D eigenvalue weighted by atomic mass is 9.89. The Balaban J connectivity index is 1.25. The molecule has 0 fully saturated rings. The van der Waals surface area contributed by atoms with E-state index in [0.717, 1.165) is 38.5 Å². The Kier molecular flexibility index (Phi) is 6.87. The molecule has 0 nitrogen and oxygen atoms in total. The summed E-state index contributed by atoms with van der Waals surface area (Å²) in [6, 6.07) is 19.7. The molecule has 0 radical (unpaired) electrons. The average molecular weight is 407 g/mol. The van der Waals surface area contributed by atoms with Gasteiger partial charge in [-0.05, 0) is 66.7 Å². The minimum Gasteiger partial charge on any atom is -0.0995 e. The summed E-state index contributed by atoms with van der Waals surface area (Å²) in [5, 5.41) is 0. The molecule has 0 amide bonds. The molecular weight excluding hydrogens is 372 g/mol. The summed E-state index contributed by atoms with van der Waals surface area (Å²) in [4.78, 5) is 0. The Morgan fingerprint density at radius 1 is 0.935 bits per heavy atom. The second-order valence-corrected chi connectivity index (χ2v) is 9.01. The molecule has 0 N–H and O–H groups in total. The lowest BCUT2D eigenvalue weighted by molar-refractivity contribution is 0.723. The number of hydrogen-bond acceptors (Lipinski definition) is 0. The first-order valence-electron chi connectivity index (χ1n) is 11.7. The highest BCUT2D eigenvalue weighted by Gasteiger charge is 2.20. The van der Waals surface area contributed by atoms with E-state index in [9.17, 15) is 0 Å². The largest absolute Gasteiger partial charge is 0.0995 e. The van der Waals surface area contributed by atoms with Crippen LogP contribution in [0, 0.1) is 5.92 Å². The van der Waals surface area contributed by atoms with Crippen LogP contribution in [0.5, 0.6) is 0 Å². The summed E-state index contributed by atoms with van der Waals surface area (Å²) in [5.74, 6) is 0.554. The van der Waals surface area contributed by atoms with Crippen LogP contribution in [0.15, 0.2) is 108 Å². The van der Waals surface area contributed by atoms with E-state index in [1.807, 2.05) is 0 Å². The Morgan fingerprint density at radius 3 is 2.39 bits per heavy atom. The summed E-state index contributed by atoms with van der Waals surface area (Å²) < 4.78 is 0. The second-order valence-electron chi connectivity index (χ2n) is 9.01. The van der Waals surface area contributed by atoms with Gasteiger partial charge in [-0.25, -0.2) is 0 Å². The Morgan fingerprint density at radius 2 is 1.65 bits per heavy atom. The summed E-state index contributed by atoms with van der Waals surface area (Å²) in [6.45, 7) is 8.93. The van der Waals surface area contributed by atoms with Gasteiger partial charge < -0.3 is 0 Å². The van der Waals surface area contributed by atoms with Crippen molar-refractivity contribution in [3.05, 3.63) is 124 Å². The summed E-state index contributed by atoms with van der Waals surface area (Å²) >= 11 is 0. The quantitative estimate of drug-likeness (QED) is 0.366. The Bertz CT molecular complexity index is 1040. The monoisotopic (exact) mass is 406 g/mol. The fraction of sp³-hybridized carbons (Fsp3) is 0.290. The van der Waals surface area contributed by atoms with E-state index in [1.54, 1.807) is 11.1 Å². The van der Waals surface area contributed by atoms with Gasteiger partial charge in [0.05, 0.1) is 0 Å². The predicted molar refractivity (Wildman–Crippen MR) is 135 cm³/mol. The molecule has 158 valence electrons. The van der Waals surface area contributed by atoms with Crippen LogP contribution in [0.2, 0.25) is 0 Å². The lowest BCUT2D eigenvalue weighted by Crippen LogP contribution is -2.01. The van der Waals surface area contributed by atoms with Gasteiger partial charge in [0.15, 0.2) is 0 Å². The molecule has 2 aliphatic rings. The van der Waals surface area contributed by atoms with Crippen molar-refractivity contribution < 1.29 is 0 Å². The van der Waals surface area contributed by atoms with E-state index >= 15 is 0 Å². The first-order valence-corrected chi connectivity index (χ1v) is 11.7. The van der Waals surface area contributed by atoms with E-state index in [0.29, 0.717) is 5.92 Å². The maximum Gasteiger partial charge on any atom is -0.00119 e. The first-order chi connectivity index (χ1) is 15.1. The number of benzene rings is 2. The number of hydrogen-bond donors (Lipinski definition) is 0. The summed E-state index contributed by atoms with van der Waals surface area (Å²) in [6.07, 6.45) is 16.0. The minimum absolute atomic E-state index is 0.554. The van der Waals surface area contributed by atoms with Crippen LogP contribution in [-0.4, -0.2) is 0 Å². The molecule has 0 aromatic heterocycles. The third-order valence-electron chi connectivity index (χ3n) is 6.76. The molecule has 0 aliphatic heterocycles. The van der Waals surface area contributed by atoms with Crippen molar-refractivity contribution in [3.63, 3.8) is 0 Å². The van der Waals surface area contributed by atoms with Gasteiger partial charge >= 0.3 is 0 Å². The maximum absolute atomic E-state index is 4.36. The standard InChI is InChI=1S/C31H34/c1-4-25-11-13-26(14-12-25)20-23(2)10-16-28-18-19-30(24(28)3)21-27-15-17-31(22-27)29-8-6-5-7-9-29/h5-9,11-14,17-19,22,24H,2,4,10,15-16,20-21H2,1,3H3. The highest BCUT2D eigenvalue weighted by molar-refractivity contribution is 5.77. The highest BCUT2D eigenvalue weighted by Crippen LogP contribution is 2.37. The minimum atomic E-state index is 0.554. The predicted octanol–water partition coefficient (Wildman–Crippen LogP) is 8.43. The van der Waals surface area contributed by atoms with Gasteiger partial charge in [-0.15, -0.1) is 0 Å². The van der Waals surface area contributed by atoms with Crippen molar-refractivity contribution in [3.8, 4) is 0 Å². The van der Waals surface area contributed by atoms with Gasteiger partial charge in [0, 0.05) is 0 Å². The zero-order valence-electron chi connectivity index (χ0n) is 19.0. The van der Waals surface area contributed by atoms with Crippen LogP contribution >= 0.6 is 0 Å². The second kappa shape index (κ2) is 9.96. The molecule has 4 rings (SSSR count). The third-order valence-corrected chi connectivity index (χ3v) is 6.76. The molecular formula is C31H34. The van der Waals surface area contributed by atoms with Gasteiger partial charge in [0.1, 0.15) is 0 Å². The molecule has 0 bridgehead atoms. The van der Waals surface area contributed by atoms with Crippen molar-refractivity contribution in [2.75, 3.05) is 0 Å². The van der Waals surface area contributed by atoms with Crippen LogP contribution in [0.3, 0.4) is 0 Å². The van der Waals surface area contributed by atoms with Gasteiger partial charge in [-0.3, -0.25) is 0 Å². The molecule has 0 heteroatoms. The molecule has 0 heterocycles. The zero-order valence-corrected chi connectivity index (χ0v) is 19.0. The average Bonchev–Trinajstić information content (AvgIpc) is 3.41. The van der Waals surface area contributed by atoms with Crippen LogP contribution in [-0.2, 0) is 12.8 Å². The molecule has 2 aliphatic carbocycles. The topological polar surface area (TPSA) is 0 Å². The Hall–Kier alpha value is -2.86. The van der Waals surface area contributed by atoms with Crippen molar-refractivity contribution in [1.82, 2.24) is 0 Å². The lowest BCUT2D eigenvalue weighted by Gasteiger charge is -2.16. The molecule has 1 unspecified atom stereocenters. The van der Waals surface area contributed by atoms with Crippen molar-refractivity contribution in [2.24, 2.45) is 5.92 Å². The van der Waals surface area contributed by atoms with Crippen LogP contribution in [0.4, 0.5) is 0 Å². The number of aryl methyl sites for hydroxylation is 1. The van der Waals surface area contributed by atoms with E-state index in [2.05, 4.69) is 99.3 Å². The van der Waals surface area contributed by atoms with Crippen molar-refractivity contribution >= 4 is 5.57 Å². The molecule has 31 heavy (non-hydrogen) atoms. The highest BCUT2D eigenvalue weighted by atomic mass is 14.3. The van der Waals surface area contributed by atoms with Gasteiger partial charge in [-0.1, -0.05) is 122 Å². The van der Waals surface area contributed by atoms with E-state index in [-0.39, 0.29) is 0 Å². The fourth-order valence-corrected chi connectivity index (χ4v) is 4.64. The van der Waals surface area contributed by atoms with E-state index in [4.69, 9.17) is 0 Å². The van der Waals surface area contributed by atoms with Crippen molar-refractivity contribution in [2.45, 2.75) is 52.4 Å². The maximum atomic E-state index is 4.36. The first kappa shape index (κ1) is 21.4. The fourth-order valence-electron chi connectivity index (χ4n) is 4.64. The van der Waals surface area contributed by atoms with Crippen molar-refractivity contribution in [1.29, 1.82) is 0 Å². The number of rotatable bonds is 9. The smallest absolute Gasteiger partial charge is 0.00119 e. The molecule has 1 atom stereocenters. The summed E-state index contributed by atoms with van der Waals surface area (Å²) in [5.41, 5.74) is 11.5. The van der Waals surface area contributed by atoms with E-state index < -0.39 is 0 Å². The SMILES string of the molecule is C=C(CCC1=CC=C(CC2=CC(c3ccccc3)=CC2)C1C)Cc1ccc(CC)cc1. The van der Waals surface area contributed by atoms with Crippen LogP contribution in [0.1, 0.15) is 56.2 Å². The van der Waals surface area contributed by atoms with Gasteiger partial charge in [0.2, 0.25) is 0 Å². The normalized spacial score (nSPS) is 17.8. The van der Waals surface area contributed by atoms with Crippen LogP contribution < -0.4 is 0 Å². The number of allylic oxidation sites excluding steroid dienone is 9. The molecule has 0 saturated heterocycles. The third kappa shape index (κ3) is 5.44. The van der Waals surface area contributed by atoms with Gasteiger partial charge in [-0.2, -0.15) is 0 Å². The zero-order chi connectivity index (χ0) is 21.6. The molecule has 0 spiro atoms. The molecule has 2 aromatic carbocycles. The molecule has 0 saturated carbocycles. The van der Waals surface area contributed by atoms with E-state index in [1.165, 1.54) is 33.4 Å². The van der Waals surface area contributed by atoms with Gasteiger partial charge in [0.25, 0.3) is 0 Å². The summed E-state index contributed by atoms with van der Waals surface area (Å²) in [7, 11) is 0. The molecule has 2 aromatic rings. The van der Waals surface area contributed by atoms with Crippen LogP contribution in [0.25, 0.3) is 5.57 Å².